The average Bonchev–Trinajstić information content (AvgIpc) is 2.42. The molecule has 1 radical (unpaired) electrons. The minimum absolute atomic E-state index is 0. The molecule has 0 unspecified atom stereocenters. The van der Waals surface area contributed by atoms with Crippen molar-refractivity contribution in [1.82, 2.24) is 0 Å². The maximum absolute atomic E-state index is 10.7. The molecular formula is C13H19CuO9PS. The first-order valence-corrected chi connectivity index (χ1v) is 9.37. The molecule has 1 rings (SSSR count). The number of aryl methyl sites for hydroxylation is 1. The number of esters is 1. The zero-order valence-corrected chi connectivity index (χ0v) is 16.0. The molecule has 0 heterocycles. The van der Waals surface area contributed by atoms with Gasteiger partial charge in [0.1, 0.15) is 6.61 Å². The normalized spacial score (nSPS) is 10.8. The van der Waals surface area contributed by atoms with Gasteiger partial charge in [0.25, 0.3) is 10.1 Å². The SMILES string of the molecule is C=C(C)C(=O)OCCOP(=O)(O)O.Cc1ccc(S(=O)(=O)O)cc1.[Cu]. The number of phosphoric ester groups is 1. The first-order chi connectivity index (χ1) is 10.8. The van der Waals surface area contributed by atoms with Crippen molar-refractivity contribution in [2.24, 2.45) is 0 Å². The largest absolute Gasteiger partial charge is 0.469 e. The Bertz CT molecular complexity index is 710. The van der Waals surface area contributed by atoms with Gasteiger partial charge in [-0.05, 0) is 26.0 Å². The zero-order valence-electron chi connectivity index (χ0n) is 13.4. The van der Waals surface area contributed by atoms with Crippen LogP contribution in [-0.4, -0.2) is 41.9 Å². The number of hydrogen-bond donors (Lipinski definition) is 3. The summed E-state index contributed by atoms with van der Waals surface area (Å²) >= 11 is 0. The van der Waals surface area contributed by atoms with Crippen LogP contribution in [0.3, 0.4) is 0 Å². The third-order valence-electron chi connectivity index (χ3n) is 2.24. The standard InChI is InChI=1S/C7H8O3S.C6H11O6P.Cu/c1-6-2-4-7(5-3-6)11(8,9)10;1-5(2)6(7)11-3-4-12-13(8,9)10;/h2-5H,1H3,(H,8,9,10);1,3-4H2,2H3,(H2,8,9,10);. The second kappa shape index (κ2) is 11.6. The molecular weight excluding hydrogens is 427 g/mol. The zero-order chi connectivity index (χ0) is 19.0. The van der Waals surface area contributed by atoms with Crippen LogP contribution < -0.4 is 0 Å². The van der Waals surface area contributed by atoms with E-state index in [1.807, 2.05) is 6.92 Å². The van der Waals surface area contributed by atoms with Crippen molar-refractivity contribution in [2.45, 2.75) is 18.7 Å². The molecule has 0 bridgehead atoms. The van der Waals surface area contributed by atoms with Crippen molar-refractivity contribution in [3.63, 3.8) is 0 Å². The van der Waals surface area contributed by atoms with Gasteiger partial charge in [-0.2, -0.15) is 8.42 Å². The summed E-state index contributed by atoms with van der Waals surface area (Å²) in [5, 5.41) is 0. The number of rotatable bonds is 6. The minimum Gasteiger partial charge on any atom is -0.460 e. The Labute approximate surface area is 156 Å². The average molecular weight is 446 g/mol. The van der Waals surface area contributed by atoms with E-state index in [1.54, 1.807) is 12.1 Å². The molecule has 0 aliphatic carbocycles. The third kappa shape index (κ3) is 13.9. The van der Waals surface area contributed by atoms with E-state index in [0.29, 0.717) is 0 Å². The van der Waals surface area contributed by atoms with Crippen molar-refractivity contribution < 1.29 is 58.4 Å². The van der Waals surface area contributed by atoms with Crippen molar-refractivity contribution in [3.8, 4) is 0 Å². The van der Waals surface area contributed by atoms with Gasteiger partial charge in [-0.3, -0.25) is 9.08 Å². The number of phosphoric acid groups is 1. The molecule has 9 nitrogen and oxygen atoms in total. The predicted octanol–water partition coefficient (Wildman–Crippen LogP) is 1.45. The van der Waals surface area contributed by atoms with Gasteiger partial charge in [-0.15, -0.1) is 0 Å². The maximum atomic E-state index is 10.7. The molecule has 0 saturated heterocycles. The Morgan fingerprint density at radius 3 is 2.04 bits per heavy atom. The quantitative estimate of drug-likeness (QED) is 0.148. The van der Waals surface area contributed by atoms with E-state index in [0.717, 1.165) is 5.56 Å². The molecule has 25 heavy (non-hydrogen) atoms. The van der Waals surface area contributed by atoms with Crippen molar-refractivity contribution >= 4 is 23.9 Å². The van der Waals surface area contributed by atoms with Crippen LogP contribution in [-0.2, 0) is 45.8 Å². The van der Waals surface area contributed by atoms with Crippen LogP contribution in [0.15, 0.2) is 41.3 Å². The summed E-state index contributed by atoms with van der Waals surface area (Å²) < 4.78 is 48.2. The summed E-state index contributed by atoms with van der Waals surface area (Å²) in [6, 6.07) is 5.99. The van der Waals surface area contributed by atoms with E-state index in [-0.39, 0.29) is 40.8 Å². The van der Waals surface area contributed by atoms with E-state index in [1.165, 1.54) is 19.1 Å². The van der Waals surface area contributed by atoms with Gasteiger partial charge >= 0.3 is 13.8 Å². The fraction of sp³-hybridized carbons (Fsp3) is 0.308. The molecule has 12 heteroatoms. The van der Waals surface area contributed by atoms with Crippen LogP contribution in [0, 0.1) is 6.92 Å². The van der Waals surface area contributed by atoms with Gasteiger partial charge < -0.3 is 14.5 Å². The molecule has 0 spiro atoms. The minimum atomic E-state index is -4.46. The molecule has 147 valence electrons. The molecule has 0 fully saturated rings. The van der Waals surface area contributed by atoms with Crippen LogP contribution in [0.25, 0.3) is 0 Å². The Morgan fingerprint density at radius 2 is 1.68 bits per heavy atom. The molecule has 3 N–H and O–H groups in total. The van der Waals surface area contributed by atoms with E-state index in [9.17, 15) is 17.8 Å². The van der Waals surface area contributed by atoms with Gasteiger partial charge in [0, 0.05) is 22.6 Å². The summed E-state index contributed by atoms with van der Waals surface area (Å²) in [6.07, 6.45) is 0. The first-order valence-electron chi connectivity index (χ1n) is 6.40. The van der Waals surface area contributed by atoms with Gasteiger partial charge in [-0.25, -0.2) is 9.36 Å². The van der Waals surface area contributed by atoms with Crippen molar-refractivity contribution in [3.05, 3.63) is 42.0 Å². The molecule has 0 amide bonds. The molecule has 1 aromatic carbocycles. The number of carbonyl (C=O) groups is 1. The Morgan fingerprint density at radius 1 is 1.20 bits per heavy atom. The number of benzene rings is 1. The third-order valence-corrected chi connectivity index (χ3v) is 3.63. The maximum Gasteiger partial charge on any atom is 0.469 e. The summed E-state index contributed by atoms with van der Waals surface area (Å²) in [5.41, 5.74) is 1.17. The predicted molar refractivity (Wildman–Crippen MR) is 84.8 cm³/mol. The number of hydrogen-bond acceptors (Lipinski definition) is 6. The fourth-order valence-electron chi connectivity index (χ4n) is 1.12. The van der Waals surface area contributed by atoms with Crippen LogP contribution in [0.2, 0.25) is 0 Å². The van der Waals surface area contributed by atoms with Crippen LogP contribution in [0.5, 0.6) is 0 Å². The van der Waals surface area contributed by atoms with E-state index in [4.69, 9.17) is 14.3 Å². The summed E-state index contributed by atoms with van der Waals surface area (Å²) in [4.78, 5) is 27.1. The van der Waals surface area contributed by atoms with E-state index in [2.05, 4.69) is 15.8 Å². The summed E-state index contributed by atoms with van der Waals surface area (Å²) in [6.45, 7) is 6.06. The van der Waals surface area contributed by atoms with Crippen LogP contribution in [0.1, 0.15) is 12.5 Å². The first kappa shape index (κ1) is 26.2. The van der Waals surface area contributed by atoms with E-state index >= 15 is 0 Å². The fourth-order valence-corrected chi connectivity index (χ4v) is 1.92. The van der Waals surface area contributed by atoms with E-state index < -0.39 is 23.9 Å². The molecule has 0 atom stereocenters. The topological polar surface area (TPSA) is 147 Å². The van der Waals surface area contributed by atoms with Gasteiger partial charge in [0.15, 0.2) is 0 Å². The second-order valence-corrected chi connectivity index (χ2v) is 7.19. The van der Waals surface area contributed by atoms with Crippen LogP contribution in [0.4, 0.5) is 0 Å². The van der Waals surface area contributed by atoms with Crippen molar-refractivity contribution in [1.29, 1.82) is 0 Å². The number of carbonyl (C=O) groups excluding carboxylic acids is 1. The van der Waals surface area contributed by atoms with Crippen molar-refractivity contribution in [2.75, 3.05) is 13.2 Å². The molecule has 0 aromatic heterocycles. The molecule has 0 saturated carbocycles. The smallest absolute Gasteiger partial charge is 0.460 e. The summed E-state index contributed by atoms with van der Waals surface area (Å²) in [7, 11) is -8.48. The second-order valence-electron chi connectivity index (χ2n) is 4.53. The molecule has 0 aliphatic rings. The Kier molecular flexibility index (Phi) is 12.1. The van der Waals surface area contributed by atoms with Gasteiger partial charge in [-0.1, -0.05) is 24.3 Å². The molecule has 0 aliphatic heterocycles. The van der Waals surface area contributed by atoms with Gasteiger partial charge in [0.05, 0.1) is 11.5 Å². The van der Waals surface area contributed by atoms with Gasteiger partial charge in [0.2, 0.25) is 0 Å². The Hall–Kier alpha value is -1.03. The number of ether oxygens (including phenoxy) is 1. The Balaban J connectivity index is 0. The summed E-state index contributed by atoms with van der Waals surface area (Å²) in [5.74, 6) is -0.616. The van der Waals surface area contributed by atoms with Crippen LogP contribution >= 0.6 is 7.82 Å². The molecule has 1 aromatic rings. The monoisotopic (exact) mass is 445 g/mol.